The van der Waals surface area contributed by atoms with Crippen molar-refractivity contribution in [1.82, 2.24) is 4.57 Å². The number of hydrogen-bond acceptors (Lipinski definition) is 1. The van der Waals surface area contributed by atoms with Gasteiger partial charge in [0.1, 0.15) is 0 Å². The molecule has 0 bridgehead atoms. The molecule has 0 radical (unpaired) electrons. The quantitative estimate of drug-likeness (QED) is 0.730. The van der Waals surface area contributed by atoms with E-state index in [0.29, 0.717) is 12.8 Å². The standard InChI is InChI=1S/C19H21NO2/c1-3-14(19(21)22)12-13(2)20-17-10-6-4-8-15(17)16-9-5-7-11-18(16)20/h4-11,13-14H,3,12H2,1-2H3,(H,21,22). The van der Waals surface area contributed by atoms with Gasteiger partial charge in [-0.2, -0.15) is 0 Å². The number of aromatic nitrogens is 1. The van der Waals surface area contributed by atoms with Gasteiger partial charge in [0, 0.05) is 27.8 Å². The minimum absolute atomic E-state index is 0.144. The number of hydrogen-bond donors (Lipinski definition) is 1. The fraction of sp³-hybridized carbons (Fsp3) is 0.316. The molecule has 0 saturated carbocycles. The van der Waals surface area contributed by atoms with E-state index in [9.17, 15) is 9.90 Å². The highest BCUT2D eigenvalue weighted by Gasteiger charge is 2.21. The van der Waals surface area contributed by atoms with E-state index >= 15 is 0 Å². The Morgan fingerprint density at radius 1 is 1.05 bits per heavy atom. The van der Waals surface area contributed by atoms with Gasteiger partial charge in [0.25, 0.3) is 0 Å². The van der Waals surface area contributed by atoms with Gasteiger partial charge < -0.3 is 9.67 Å². The van der Waals surface area contributed by atoms with Crippen molar-refractivity contribution in [1.29, 1.82) is 0 Å². The van der Waals surface area contributed by atoms with Gasteiger partial charge in [-0.25, -0.2) is 0 Å². The second-order valence-corrected chi connectivity index (χ2v) is 5.93. The van der Waals surface area contributed by atoms with E-state index < -0.39 is 5.97 Å². The molecule has 0 saturated heterocycles. The van der Waals surface area contributed by atoms with Crippen LogP contribution in [0.1, 0.15) is 32.7 Å². The van der Waals surface area contributed by atoms with Gasteiger partial charge in [-0.05, 0) is 31.9 Å². The maximum atomic E-state index is 11.4. The number of para-hydroxylation sites is 2. The molecule has 2 aromatic carbocycles. The first-order valence-corrected chi connectivity index (χ1v) is 7.84. The molecule has 3 aromatic rings. The lowest BCUT2D eigenvalue weighted by molar-refractivity contribution is -0.142. The van der Waals surface area contributed by atoms with Crippen LogP contribution in [0.4, 0.5) is 0 Å². The van der Waals surface area contributed by atoms with Crippen molar-refractivity contribution in [2.45, 2.75) is 32.7 Å². The third-order valence-corrected chi connectivity index (χ3v) is 4.53. The molecule has 114 valence electrons. The monoisotopic (exact) mass is 295 g/mol. The fourth-order valence-electron chi connectivity index (χ4n) is 3.39. The molecule has 3 rings (SSSR count). The van der Waals surface area contributed by atoms with Gasteiger partial charge in [0.15, 0.2) is 0 Å². The first-order chi connectivity index (χ1) is 10.6. The molecule has 1 N–H and O–H groups in total. The molecule has 2 unspecified atom stereocenters. The lowest BCUT2D eigenvalue weighted by Crippen LogP contribution is -2.18. The van der Waals surface area contributed by atoms with Crippen LogP contribution in [-0.2, 0) is 4.79 Å². The summed E-state index contributed by atoms with van der Waals surface area (Å²) in [5, 5.41) is 11.8. The molecule has 1 heterocycles. The summed E-state index contributed by atoms with van der Waals surface area (Å²) in [6.07, 6.45) is 1.31. The number of benzene rings is 2. The third-order valence-electron chi connectivity index (χ3n) is 4.53. The number of carboxylic acids is 1. The van der Waals surface area contributed by atoms with Crippen LogP contribution >= 0.6 is 0 Å². The summed E-state index contributed by atoms with van der Waals surface area (Å²) >= 11 is 0. The van der Waals surface area contributed by atoms with Crippen LogP contribution in [0, 0.1) is 5.92 Å². The number of fused-ring (bicyclic) bond motifs is 3. The topological polar surface area (TPSA) is 42.2 Å². The van der Waals surface area contributed by atoms with E-state index in [1.54, 1.807) is 0 Å². The summed E-state index contributed by atoms with van der Waals surface area (Å²) < 4.78 is 2.29. The first-order valence-electron chi connectivity index (χ1n) is 7.84. The van der Waals surface area contributed by atoms with Crippen molar-refractivity contribution < 1.29 is 9.90 Å². The van der Waals surface area contributed by atoms with E-state index in [2.05, 4.69) is 47.9 Å². The second kappa shape index (κ2) is 5.84. The molecule has 3 nitrogen and oxygen atoms in total. The smallest absolute Gasteiger partial charge is 0.306 e. The Morgan fingerprint density at radius 3 is 2.00 bits per heavy atom. The zero-order chi connectivity index (χ0) is 15.7. The average Bonchev–Trinajstić information content (AvgIpc) is 2.86. The Balaban J connectivity index is 2.14. The van der Waals surface area contributed by atoms with Crippen LogP contribution in [0.5, 0.6) is 0 Å². The molecule has 0 amide bonds. The minimum atomic E-state index is -0.699. The van der Waals surface area contributed by atoms with Crippen LogP contribution in [-0.4, -0.2) is 15.6 Å². The number of carbonyl (C=O) groups is 1. The highest BCUT2D eigenvalue weighted by atomic mass is 16.4. The Bertz CT molecular complexity index is 765. The summed E-state index contributed by atoms with van der Waals surface area (Å²) in [4.78, 5) is 11.4. The van der Waals surface area contributed by atoms with Crippen molar-refractivity contribution in [3.63, 3.8) is 0 Å². The van der Waals surface area contributed by atoms with Gasteiger partial charge in [0.05, 0.1) is 5.92 Å². The average molecular weight is 295 g/mol. The lowest BCUT2D eigenvalue weighted by Gasteiger charge is -2.20. The van der Waals surface area contributed by atoms with E-state index in [-0.39, 0.29) is 12.0 Å². The van der Waals surface area contributed by atoms with Gasteiger partial charge >= 0.3 is 5.97 Å². The van der Waals surface area contributed by atoms with Crippen molar-refractivity contribution in [2.24, 2.45) is 5.92 Å². The Morgan fingerprint density at radius 2 is 1.55 bits per heavy atom. The zero-order valence-electron chi connectivity index (χ0n) is 13.0. The normalized spacial score (nSPS) is 14.3. The highest BCUT2D eigenvalue weighted by molar-refractivity contribution is 6.08. The maximum absolute atomic E-state index is 11.4. The molecule has 0 aliphatic carbocycles. The molecular weight excluding hydrogens is 274 g/mol. The summed E-state index contributed by atoms with van der Waals surface area (Å²) in [5.41, 5.74) is 2.35. The molecule has 0 fully saturated rings. The third kappa shape index (κ3) is 2.37. The summed E-state index contributed by atoms with van der Waals surface area (Å²) in [5.74, 6) is -0.995. The van der Waals surface area contributed by atoms with Crippen LogP contribution in [0.25, 0.3) is 21.8 Å². The lowest BCUT2D eigenvalue weighted by atomic mass is 9.98. The van der Waals surface area contributed by atoms with E-state index in [1.165, 1.54) is 21.8 Å². The van der Waals surface area contributed by atoms with Gasteiger partial charge in [-0.15, -0.1) is 0 Å². The van der Waals surface area contributed by atoms with E-state index in [1.807, 2.05) is 19.1 Å². The van der Waals surface area contributed by atoms with Crippen LogP contribution in [0.2, 0.25) is 0 Å². The predicted octanol–water partition coefficient (Wildman–Crippen LogP) is 4.86. The summed E-state index contributed by atoms with van der Waals surface area (Å²) in [7, 11) is 0. The number of carboxylic acid groups (broad SMARTS) is 1. The maximum Gasteiger partial charge on any atom is 0.306 e. The van der Waals surface area contributed by atoms with Crippen LogP contribution in [0.3, 0.4) is 0 Å². The molecule has 22 heavy (non-hydrogen) atoms. The Kier molecular flexibility index (Phi) is 3.88. The van der Waals surface area contributed by atoms with Crippen molar-refractivity contribution in [2.75, 3.05) is 0 Å². The zero-order valence-corrected chi connectivity index (χ0v) is 13.0. The van der Waals surface area contributed by atoms with Crippen molar-refractivity contribution in [3.05, 3.63) is 48.5 Å². The molecule has 2 atom stereocenters. The predicted molar refractivity (Wildman–Crippen MR) is 90.2 cm³/mol. The molecular formula is C19H21NO2. The van der Waals surface area contributed by atoms with E-state index in [4.69, 9.17) is 0 Å². The van der Waals surface area contributed by atoms with Crippen molar-refractivity contribution >= 4 is 27.8 Å². The number of nitrogens with zero attached hydrogens (tertiary/aromatic N) is 1. The Hall–Kier alpha value is -2.29. The molecule has 3 heteroatoms. The number of aliphatic carboxylic acids is 1. The molecule has 0 aliphatic rings. The van der Waals surface area contributed by atoms with Crippen molar-refractivity contribution in [3.8, 4) is 0 Å². The molecule has 0 spiro atoms. The van der Waals surface area contributed by atoms with E-state index in [0.717, 1.165) is 0 Å². The number of rotatable bonds is 5. The highest BCUT2D eigenvalue weighted by Crippen LogP contribution is 2.33. The molecule has 0 aliphatic heterocycles. The largest absolute Gasteiger partial charge is 0.481 e. The minimum Gasteiger partial charge on any atom is -0.481 e. The fourth-order valence-corrected chi connectivity index (χ4v) is 3.39. The van der Waals surface area contributed by atoms with Gasteiger partial charge in [0.2, 0.25) is 0 Å². The second-order valence-electron chi connectivity index (χ2n) is 5.93. The Labute approximate surface area is 130 Å². The van der Waals surface area contributed by atoms with Gasteiger partial charge in [-0.3, -0.25) is 4.79 Å². The van der Waals surface area contributed by atoms with Gasteiger partial charge in [-0.1, -0.05) is 43.3 Å². The summed E-state index contributed by atoms with van der Waals surface area (Å²) in [6.45, 7) is 4.06. The first kappa shape index (κ1) is 14.6. The van der Waals surface area contributed by atoms with Crippen LogP contribution < -0.4 is 0 Å². The van der Waals surface area contributed by atoms with Crippen LogP contribution in [0.15, 0.2) is 48.5 Å². The molecule has 1 aromatic heterocycles. The SMILES string of the molecule is CCC(CC(C)n1c2ccccc2c2ccccc21)C(=O)O. The summed E-state index contributed by atoms with van der Waals surface area (Å²) in [6, 6.07) is 16.8.